The Labute approximate surface area is 189 Å². The Morgan fingerprint density at radius 2 is 1.74 bits per heavy atom. The van der Waals surface area contributed by atoms with E-state index in [1.54, 1.807) is 42.5 Å². The molecule has 1 heterocycles. The van der Waals surface area contributed by atoms with Crippen LogP contribution in [-0.4, -0.2) is 41.5 Å². The van der Waals surface area contributed by atoms with E-state index in [-0.39, 0.29) is 16.9 Å². The summed E-state index contributed by atoms with van der Waals surface area (Å²) in [6.45, 7) is 6.38. The number of likely N-dealkylation sites (tertiary alicyclic amines) is 1. The van der Waals surface area contributed by atoms with Crippen molar-refractivity contribution in [3.8, 4) is 5.75 Å². The molecule has 0 radical (unpaired) electrons. The Morgan fingerprint density at radius 3 is 2.42 bits per heavy atom. The fourth-order valence-electron chi connectivity index (χ4n) is 3.31. The summed E-state index contributed by atoms with van der Waals surface area (Å²) < 4.78 is 5.64. The molecule has 7 heteroatoms. The maximum Gasteiger partial charge on any atom is 0.257 e. The minimum atomic E-state index is -0.312. The maximum absolute atomic E-state index is 12.7. The first-order valence-corrected chi connectivity index (χ1v) is 11.1. The molecular formula is C24H29N3O3S. The molecule has 31 heavy (non-hydrogen) atoms. The standard InChI is InChI=1S/C24H29N3O3S/c1-17(2)16-30-21-11-9-18(10-12-21)22(28)26-24(31)25-20-8-6-7-19(15-20)23(29)27-13-4-3-5-14-27/h6-12,15,17H,3-5,13-14,16H2,1-2H3,(H2,25,26,28,31). The van der Waals surface area contributed by atoms with Gasteiger partial charge in [0.05, 0.1) is 6.61 Å². The lowest BCUT2D eigenvalue weighted by Crippen LogP contribution is -2.36. The number of carbonyl (C=O) groups is 2. The van der Waals surface area contributed by atoms with Crippen molar-refractivity contribution < 1.29 is 14.3 Å². The van der Waals surface area contributed by atoms with Gasteiger partial charge in [-0.05, 0) is 79.9 Å². The zero-order valence-electron chi connectivity index (χ0n) is 18.0. The van der Waals surface area contributed by atoms with Gasteiger partial charge in [0, 0.05) is 29.9 Å². The van der Waals surface area contributed by atoms with Gasteiger partial charge in [0.25, 0.3) is 11.8 Å². The molecule has 3 rings (SSSR count). The molecule has 2 aromatic carbocycles. The van der Waals surface area contributed by atoms with Crippen LogP contribution in [0.1, 0.15) is 53.8 Å². The molecule has 1 aliphatic rings. The van der Waals surface area contributed by atoms with Gasteiger partial charge in [0.15, 0.2) is 5.11 Å². The first kappa shape index (κ1) is 22.7. The molecule has 1 saturated heterocycles. The average Bonchev–Trinajstić information content (AvgIpc) is 2.78. The molecule has 0 aliphatic carbocycles. The molecule has 0 spiro atoms. The summed E-state index contributed by atoms with van der Waals surface area (Å²) in [6.07, 6.45) is 3.27. The summed E-state index contributed by atoms with van der Waals surface area (Å²) in [5.41, 5.74) is 1.75. The minimum Gasteiger partial charge on any atom is -0.493 e. The highest BCUT2D eigenvalue weighted by Crippen LogP contribution is 2.17. The first-order chi connectivity index (χ1) is 14.9. The lowest BCUT2D eigenvalue weighted by molar-refractivity contribution is 0.0724. The number of hydrogen-bond donors (Lipinski definition) is 2. The van der Waals surface area contributed by atoms with Crippen molar-refractivity contribution in [2.75, 3.05) is 25.0 Å². The van der Waals surface area contributed by atoms with Crippen LogP contribution in [0.3, 0.4) is 0 Å². The van der Waals surface area contributed by atoms with Gasteiger partial charge in [-0.15, -0.1) is 0 Å². The number of nitrogens with zero attached hydrogens (tertiary/aromatic N) is 1. The summed E-state index contributed by atoms with van der Waals surface area (Å²) in [5, 5.41) is 5.83. The maximum atomic E-state index is 12.7. The van der Waals surface area contributed by atoms with Crippen LogP contribution in [0.2, 0.25) is 0 Å². The molecule has 0 saturated carbocycles. The Hall–Kier alpha value is -2.93. The lowest BCUT2D eigenvalue weighted by atomic mass is 10.1. The van der Waals surface area contributed by atoms with E-state index in [0.29, 0.717) is 29.3 Å². The molecule has 2 N–H and O–H groups in total. The largest absolute Gasteiger partial charge is 0.493 e. The van der Waals surface area contributed by atoms with E-state index in [1.807, 2.05) is 11.0 Å². The topological polar surface area (TPSA) is 70.7 Å². The molecule has 0 aromatic heterocycles. The molecule has 0 unspecified atom stereocenters. The molecule has 0 atom stereocenters. The van der Waals surface area contributed by atoms with Crippen LogP contribution >= 0.6 is 12.2 Å². The van der Waals surface area contributed by atoms with Crippen LogP contribution in [0.5, 0.6) is 5.75 Å². The van der Waals surface area contributed by atoms with Crippen molar-refractivity contribution in [3.63, 3.8) is 0 Å². The van der Waals surface area contributed by atoms with Gasteiger partial charge in [-0.1, -0.05) is 19.9 Å². The van der Waals surface area contributed by atoms with E-state index in [0.717, 1.165) is 31.7 Å². The predicted molar refractivity (Wildman–Crippen MR) is 127 cm³/mol. The fraction of sp³-hybridized carbons (Fsp3) is 0.375. The summed E-state index contributed by atoms with van der Waals surface area (Å²) >= 11 is 5.28. The molecule has 1 aliphatic heterocycles. The van der Waals surface area contributed by atoms with E-state index >= 15 is 0 Å². The lowest BCUT2D eigenvalue weighted by Gasteiger charge is -2.26. The van der Waals surface area contributed by atoms with Crippen LogP contribution < -0.4 is 15.4 Å². The third-order valence-corrected chi connectivity index (χ3v) is 5.14. The summed E-state index contributed by atoms with van der Waals surface area (Å²) in [7, 11) is 0. The van der Waals surface area contributed by atoms with Crippen LogP contribution in [0.25, 0.3) is 0 Å². The average molecular weight is 440 g/mol. The van der Waals surface area contributed by atoms with Gasteiger partial charge in [-0.2, -0.15) is 0 Å². The van der Waals surface area contributed by atoms with Crippen LogP contribution in [0.4, 0.5) is 5.69 Å². The number of piperidine rings is 1. The number of carbonyl (C=O) groups excluding carboxylic acids is 2. The smallest absolute Gasteiger partial charge is 0.257 e. The number of benzene rings is 2. The van der Waals surface area contributed by atoms with Crippen molar-refractivity contribution >= 4 is 34.8 Å². The Morgan fingerprint density at radius 1 is 1.03 bits per heavy atom. The summed E-state index contributed by atoms with van der Waals surface area (Å²) in [6, 6.07) is 14.1. The second-order valence-corrected chi connectivity index (χ2v) is 8.48. The molecule has 6 nitrogen and oxygen atoms in total. The Kier molecular flexibility index (Phi) is 8.00. The number of ether oxygens (including phenoxy) is 1. The number of anilines is 1. The van der Waals surface area contributed by atoms with Crippen molar-refractivity contribution in [1.82, 2.24) is 10.2 Å². The fourth-order valence-corrected chi connectivity index (χ4v) is 3.52. The second kappa shape index (κ2) is 10.9. The van der Waals surface area contributed by atoms with E-state index in [1.165, 1.54) is 6.42 Å². The van der Waals surface area contributed by atoms with E-state index < -0.39 is 0 Å². The monoisotopic (exact) mass is 439 g/mol. The van der Waals surface area contributed by atoms with Gasteiger partial charge < -0.3 is 15.0 Å². The van der Waals surface area contributed by atoms with Crippen molar-refractivity contribution in [1.29, 1.82) is 0 Å². The van der Waals surface area contributed by atoms with E-state index in [2.05, 4.69) is 24.5 Å². The van der Waals surface area contributed by atoms with Gasteiger partial charge in [0.1, 0.15) is 5.75 Å². The zero-order valence-corrected chi connectivity index (χ0v) is 18.8. The molecule has 0 bridgehead atoms. The quantitative estimate of drug-likeness (QED) is 0.650. The third-order valence-electron chi connectivity index (χ3n) is 4.94. The summed E-state index contributed by atoms with van der Waals surface area (Å²) in [4.78, 5) is 27.0. The molecule has 2 amide bonds. The number of nitrogens with one attached hydrogen (secondary N) is 2. The molecule has 2 aromatic rings. The Bertz CT molecular complexity index is 922. The van der Waals surface area contributed by atoms with Crippen molar-refractivity contribution in [2.24, 2.45) is 5.92 Å². The zero-order chi connectivity index (χ0) is 22.2. The van der Waals surface area contributed by atoms with E-state index in [9.17, 15) is 9.59 Å². The van der Waals surface area contributed by atoms with Crippen molar-refractivity contribution in [2.45, 2.75) is 33.1 Å². The van der Waals surface area contributed by atoms with Gasteiger partial charge in [-0.3, -0.25) is 14.9 Å². The highest BCUT2D eigenvalue weighted by Gasteiger charge is 2.18. The van der Waals surface area contributed by atoms with Crippen LogP contribution in [-0.2, 0) is 0 Å². The third kappa shape index (κ3) is 6.79. The SMILES string of the molecule is CC(C)COc1ccc(C(=O)NC(=S)Nc2cccc(C(=O)N3CCCCC3)c2)cc1. The number of rotatable bonds is 6. The number of amides is 2. The van der Waals surface area contributed by atoms with Gasteiger partial charge in [-0.25, -0.2) is 0 Å². The molecule has 164 valence electrons. The van der Waals surface area contributed by atoms with Crippen LogP contribution in [0, 0.1) is 5.92 Å². The van der Waals surface area contributed by atoms with Crippen molar-refractivity contribution in [3.05, 3.63) is 59.7 Å². The highest BCUT2D eigenvalue weighted by atomic mass is 32.1. The van der Waals surface area contributed by atoms with E-state index in [4.69, 9.17) is 17.0 Å². The minimum absolute atomic E-state index is 0.0260. The number of thiocarbonyl (C=S) groups is 1. The summed E-state index contributed by atoms with van der Waals surface area (Å²) in [5.74, 6) is 0.868. The number of hydrogen-bond acceptors (Lipinski definition) is 4. The second-order valence-electron chi connectivity index (χ2n) is 8.07. The highest BCUT2D eigenvalue weighted by molar-refractivity contribution is 7.80. The van der Waals surface area contributed by atoms with Gasteiger partial charge >= 0.3 is 0 Å². The first-order valence-electron chi connectivity index (χ1n) is 10.7. The normalized spacial score (nSPS) is 13.6. The molecule has 1 fully saturated rings. The Balaban J connectivity index is 1.55. The van der Waals surface area contributed by atoms with Gasteiger partial charge in [0.2, 0.25) is 0 Å². The van der Waals surface area contributed by atoms with Crippen LogP contribution in [0.15, 0.2) is 48.5 Å². The predicted octanol–water partition coefficient (Wildman–Crippen LogP) is 4.47. The molecular weight excluding hydrogens is 410 g/mol.